The van der Waals surface area contributed by atoms with Crippen LogP contribution in [0.15, 0.2) is 26.9 Å². The number of nitrogens with zero attached hydrogens (tertiary/aromatic N) is 1. The van der Waals surface area contributed by atoms with Gasteiger partial charge in [-0.15, -0.1) is 23.5 Å². The molecule has 0 heterocycles. The summed E-state index contributed by atoms with van der Waals surface area (Å²) in [6, 6.07) is 4.06. The highest BCUT2D eigenvalue weighted by atomic mass is 35.5. The van der Waals surface area contributed by atoms with Crippen molar-refractivity contribution in [2.24, 2.45) is 4.99 Å². The van der Waals surface area contributed by atoms with Gasteiger partial charge in [0, 0.05) is 9.79 Å². The van der Waals surface area contributed by atoms with E-state index in [9.17, 15) is 4.79 Å². The summed E-state index contributed by atoms with van der Waals surface area (Å²) in [7, 11) is 0. The number of isocyanates is 1. The van der Waals surface area contributed by atoms with Crippen LogP contribution in [0.2, 0.25) is 5.02 Å². The number of benzene rings is 1. The molecule has 5 heteroatoms. The molecule has 2 rings (SSSR count). The molecule has 0 spiro atoms. The number of thioether (sulfide) groups is 2. The fraction of sp³-hybridized carbons (Fsp3) is 0.462. The van der Waals surface area contributed by atoms with Crippen LogP contribution in [0, 0.1) is 0 Å². The van der Waals surface area contributed by atoms with Gasteiger partial charge in [-0.25, -0.2) is 4.79 Å². The molecule has 0 N–H and O–H groups in total. The van der Waals surface area contributed by atoms with Gasteiger partial charge in [0.15, 0.2) is 0 Å². The molecule has 0 amide bonds. The van der Waals surface area contributed by atoms with Gasteiger partial charge >= 0.3 is 0 Å². The Kier molecular flexibility index (Phi) is 4.44. The molecular formula is C13H14ClNOS2. The Labute approximate surface area is 121 Å². The zero-order chi connectivity index (χ0) is 13.2. The van der Waals surface area contributed by atoms with Gasteiger partial charge in [-0.2, -0.15) is 4.99 Å². The fourth-order valence-electron chi connectivity index (χ4n) is 2.25. The minimum atomic E-state index is -0.368. The SMILES string of the molecule is CSc1cc(C2(N=C=O)CCC2)cc(Cl)c1SC. The Hall–Kier alpha value is -0.410. The number of hydrogen-bond donors (Lipinski definition) is 0. The predicted octanol–water partition coefficient (Wildman–Crippen LogP) is 4.50. The topological polar surface area (TPSA) is 29.4 Å². The lowest BCUT2D eigenvalue weighted by molar-refractivity contribution is 0.255. The number of hydrogen-bond acceptors (Lipinski definition) is 4. The first-order valence-corrected chi connectivity index (χ1v) is 8.50. The molecule has 0 aromatic heterocycles. The van der Waals surface area contributed by atoms with E-state index in [2.05, 4.69) is 11.1 Å². The standard InChI is InChI=1S/C13H14ClNOS2/c1-17-11-7-9(6-10(14)12(11)18-2)13(15-8-16)4-3-5-13/h6-7H,3-5H2,1-2H3. The maximum atomic E-state index is 10.6. The van der Waals surface area contributed by atoms with E-state index in [4.69, 9.17) is 11.6 Å². The third kappa shape index (κ3) is 2.35. The first-order chi connectivity index (χ1) is 8.66. The van der Waals surface area contributed by atoms with Crippen LogP contribution >= 0.6 is 35.1 Å². The number of rotatable bonds is 4. The molecule has 1 fully saturated rings. The highest BCUT2D eigenvalue weighted by Gasteiger charge is 2.39. The van der Waals surface area contributed by atoms with Crippen LogP contribution in [0.25, 0.3) is 0 Å². The van der Waals surface area contributed by atoms with E-state index >= 15 is 0 Å². The average molecular weight is 300 g/mol. The minimum Gasteiger partial charge on any atom is -0.211 e. The molecule has 18 heavy (non-hydrogen) atoms. The molecule has 0 saturated heterocycles. The summed E-state index contributed by atoms with van der Waals surface area (Å²) in [5.41, 5.74) is 0.677. The molecule has 0 aliphatic heterocycles. The van der Waals surface area contributed by atoms with E-state index in [1.807, 2.05) is 18.6 Å². The van der Waals surface area contributed by atoms with Crippen molar-refractivity contribution >= 4 is 41.2 Å². The third-order valence-electron chi connectivity index (χ3n) is 3.41. The summed E-state index contributed by atoms with van der Waals surface area (Å²) in [4.78, 5) is 16.9. The number of aliphatic imine (C=N–C) groups is 1. The van der Waals surface area contributed by atoms with E-state index in [0.29, 0.717) is 0 Å². The summed E-state index contributed by atoms with van der Waals surface area (Å²) in [5.74, 6) is 0. The monoisotopic (exact) mass is 299 g/mol. The van der Waals surface area contributed by atoms with E-state index in [1.54, 1.807) is 29.6 Å². The van der Waals surface area contributed by atoms with Crippen LogP contribution in [0.4, 0.5) is 0 Å². The second kappa shape index (κ2) is 5.70. The van der Waals surface area contributed by atoms with Crippen molar-refractivity contribution in [1.82, 2.24) is 0 Å². The first-order valence-electron chi connectivity index (χ1n) is 5.68. The Balaban J connectivity index is 2.52. The van der Waals surface area contributed by atoms with Crippen molar-refractivity contribution in [1.29, 1.82) is 0 Å². The molecule has 1 aromatic carbocycles. The average Bonchev–Trinajstić information content (AvgIpc) is 2.32. The van der Waals surface area contributed by atoms with Crippen LogP contribution in [0.1, 0.15) is 24.8 Å². The number of carbonyl (C=O) groups excluding carboxylic acids is 1. The fourth-order valence-corrected chi connectivity index (χ4v) is 4.31. The van der Waals surface area contributed by atoms with Gasteiger partial charge in [0.05, 0.1) is 10.6 Å². The molecule has 1 aromatic rings. The summed E-state index contributed by atoms with van der Waals surface area (Å²) >= 11 is 9.64. The second-order valence-corrected chi connectivity index (χ2v) is 6.35. The lowest BCUT2D eigenvalue weighted by Gasteiger charge is -2.37. The normalized spacial score (nSPS) is 16.8. The first kappa shape index (κ1) is 14.0. The molecule has 0 unspecified atom stereocenters. The van der Waals surface area contributed by atoms with Gasteiger partial charge in [0.2, 0.25) is 6.08 Å². The van der Waals surface area contributed by atoms with Crippen LogP contribution < -0.4 is 0 Å². The summed E-state index contributed by atoms with van der Waals surface area (Å²) < 4.78 is 0. The largest absolute Gasteiger partial charge is 0.235 e. The summed E-state index contributed by atoms with van der Waals surface area (Å²) in [6.07, 6.45) is 8.68. The van der Waals surface area contributed by atoms with E-state index in [-0.39, 0.29) is 5.54 Å². The predicted molar refractivity (Wildman–Crippen MR) is 78.7 cm³/mol. The molecule has 0 bridgehead atoms. The summed E-state index contributed by atoms with van der Waals surface area (Å²) in [6.45, 7) is 0. The van der Waals surface area contributed by atoms with Gasteiger partial charge < -0.3 is 0 Å². The van der Waals surface area contributed by atoms with Crippen molar-refractivity contribution in [2.75, 3.05) is 12.5 Å². The Morgan fingerprint density at radius 1 is 1.33 bits per heavy atom. The van der Waals surface area contributed by atoms with Crippen molar-refractivity contribution in [2.45, 2.75) is 34.6 Å². The van der Waals surface area contributed by atoms with Crippen LogP contribution in [0.5, 0.6) is 0 Å². The quantitative estimate of drug-likeness (QED) is 0.466. The molecule has 0 atom stereocenters. The molecule has 1 saturated carbocycles. The third-order valence-corrected chi connectivity index (χ3v) is 5.56. The minimum absolute atomic E-state index is 0.368. The van der Waals surface area contributed by atoms with Gasteiger partial charge in [-0.1, -0.05) is 11.6 Å². The molecule has 1 aliphatic carbocycles. The Bertz CT molecular complexity index is 508. The lowest BCUT2D eigenvalue weighted by atomic mass is 9.72. The summed E-state index contributed by atoms with van der Waals surface area (Å²) in [5, 5.41) is 0.747. The van der Waals surface area contributed by atoms with E-state index in [1.165, 1.54) is 0 Å². The molecule has 1 aliphatic rings. The van der Waals surface area contributed by atoms with Gasteiger partial charge in [-0.05, 0) is 49.5 Å². The van der Waals surface area contributed by atoms with Crippen molar-refractivity contribution in [3.63, 3.8) is 0 Å². The highest BCUT2D eigenvalue weighted by Crippen LogP contribution is 2.47. The molecule has 2 nitrogen and oxygen atoms in total. The second-order valence-electron chi connectivity index (χ2n) is 4.28. The molecular weight excluding hydrogens is 286 g/mol. The van der Waals surface area contributed by atoms with Gasteiger partial charge in [0.25, 0.3) is 0 Å². The van der Waals surface area contributed by atoms with E-state index < -0.39 is 0 Å². The number of halogens is 1. The molecule has 0 radical (unpaired) electrons. The smallest absolute Gasteiger partial charge is 0.211 e. The zero-order valence-electron chi connectivity index (χ0n) is 10.3. The van der Waals surface area contributed by atoms with Crippen LogP contribution in [-0.2, 0) is 10.3 Å². The van der Waals surface area contributed by atoms with Crippen LogP contribution in [-0.4, -0.2) is 18.6 Å². The van der Waals surface area contributed by atoms with Gasteiger partial charge in [-0.3, -0.25) is 0 Å². The Morgan fingerprint density at radius 3 is 2.50 bits per heavy atom. The maximum Gasteiger partial charge on any atom is 0.235 e. The van der Waals surface area contributed by atoms with Crippen molar-refractivity contribution < 1.29 is 4.79 Å². The van der Waals surface area contributed by atoms with Gasteiger partial charge in [0.1, 0.15) is 0 Å². The zero-order valence-corrected chi connectivity index (χ0v) is 12.7. The highest BCUT2D eigenvalue weighted by molar-refractivity contribution is 8.01. The van der Waals surface area contributed by atoms with Crippen LogP contribution in [0.3, 0.4) is 0 Å². The Morgan fingerprint density at radius 2 is 2.06 bits per heavy atom. The van der Waals surface area contributed by atoms with E-state index in [0.717, 1.165) is 39.6 Å². The lowest BCUT2D eigenvalue weighted by Crippen LogP contribution is -2.31. The van der Waals surface area contributed by atoms with Crippen molar-refractivity contribution in [3.8, 4) is 0 Å². The van der Waals surface area contributed by atoms with Crippen molar-refractivity contribution in [3.05, 3.63) is 22.7 Å². The maximum absolute atomic E-state index is 10.6. The molecule has 96 valence electrons.